The second-order valence-corrected chi connectivity index (χ2v) is 9.06. The van der Waals surface area contributed by atoms with Crippen molar-refractivity contribution in [1.82, 2.24) is 15.0 Å². The highest BCUT2D eigenvalue weighted by atomic mass is 35.5. The SMILES string of the molecule is C[C@@H](Nc1c(Cl)cnc2cc(F)c(-c3cnc(C(C)(C)O)nc3)cc12)c1cc(C(N)=O)ccc1F. The summed E-state index contributed by atoms with van der Waals surface area (Å²) in [6, 6.07) is 6.04. The van der Waals surface area contributed by atoms with Crippen LogP contribution in [0.5, 0.6) is 0 Å². The molecule has 0 bridgehead atoms. The van der Waals surface area contributed by atoms with E-state index in [4.69, 9.17) is 17.3 Å². The molecular weight excluding hydrogens is 476 g/mol. The number of primary amides is 1. The van der Waals surface area contributed by atoms with Crippen LogP contribution in [-0.2, 0) is 5.60 Å². The summed E-state index contributed by atoms with van der Waals surface area (Å²) in [5.74, 6) is -1.56. The first-order valence-electron chi connectivity index (χ1n) is 10.6. The Morgan fingerprint density at radius 1 is 1.09 bits per heavy atom. The number of amides is 1. The van der Waals surface area contributed by atoms with Crippen molar-refractivity contribution in [2.75, 3.05) is 5.32 Å². The number of nitrogens with two attached hydrogens (primary N) is 1. The Hall–Kier alpha value is -3.69. The Kier molecular flexibility index (Phi) is 6.40. The van der Waals surface area contributed by atoms with Gasteiger partial charge in [-0.25, -0.2) is 18.7 Å². The second-order valence-electron chi connectivity index (χ2n) is 8.65. The molecule has 0 aliphatic heterocycles. The quantitative estimate of drug-likeness (QED) is 0.340. The van der Waals surface area contributed by atoms with Crippen LogP contribution in [0.2, 0.25) is 5.02 Å². The van der Waals surface area contributed by atoms with E-state index in [-0.39, 0.29) is 27.5 Å². The summed E-state index contributed by atoms with van der Waals surface area (Å²) >= 11 is 6.43. The Morgan fingerprint density at radius 2 is 1.77 bits per heavy atom. The normalized spacial score (nSPS) is 12.5. The van der Waals surface area contributed by atoms with Crippen LogP contribution in [0, 0.1) is 11.6 Å². The summed E-state index contributed by atoms with van der Waals surface area (Å²) in [6.45, 7) is 4.79. The molecule has 1 atom stereocenters. The van der Waals surface area contributed by atoms with E-state index >= 15 is 0 Å². The van der Waals surface area contributed by atoms with Crippen molar-refractivity contribution in [3.05, 3.63) is 82.5 Å². The fourth-order valence-corrected chi connectivity index (χ4v) is 3.87. The van der Waals surface area contributed by atoms with Crippen molar-refractivity contribution < 1.29 is 18.7 Å². The lowest BCUT2D eigenvalue weighted by Crippen LogP contribution is -2.19. The first-order valence-corrected chi connectivity index (χ1v) is 11.0. The number of rotatable bonds is 6. The molecule has 4 N–H and O–H groups in total. The molecule has 0 fully saturated rings. The molecule has 0 spiro atoms. The number of carbonyl (C=O) groups excluding carboxylic acids is 1. The molecule has 0 saturated carbocycles. The van der Waals surface area contributed by atoms with E-state index < -0.39 is 29.2 Å². The Labute approximate surface area is 205 Å². The lowest BCUT2D eigenvalue weighted by Gasteiger charge is -2.20. The largest absolute Gasteiger partial charge is 0.382 e. The topological polar surface area (TPSA) is 114 Å². The van der Waals surface area contributed by atoms with Crippen LogP contribution in [0.1, 0.15) is 48.6 Å². The van der Waals surface area contributed by atoms with Gasteiger partial charge in [0.2, 0.25) is 5.91 Å². The summed E-state index contributed by atoms with van der Waals surface area (Å²) in [6.07, 6.45) is 4.21. The van der Waals surface area contributed by atoms with Gasteiger partial charge in [-0.1, -0.05) is 11.6 Å². The summed E-state index contributed by atoms with van der Waals surface area (Å²) in [5.41, 5.74) is 5.78. The summed E-state index contributed by atoms with van der Waals surface area (Å²) in [7, 11) is 0. The van der Waals surface area contributed by atoms with Crippen LogP contribution in [0.15, 0.2) is 48.9 Å². The van der Waals surface area contributed by atoms with E-state index in [1.807, 2.05) is 0 Å². The van der Waals surface area contributed by atoms with Crippen molar-refractivity contribution in [2.45, 2.75) is 32.4 Å². The number of halogens is 3. The van der Waals surface area contributed by atoms with Crippen LogP contribution in [0.3, 0.4) is 0 Å². The molecule has 2 aromatic heterocycles. The molecule has 4 rings (SSSR count). The number of nitrogens with one attached hydrogen (secondary N) is 1. The van der Waals surface area contributed by atoms with Gasteiger partial charge in [-0.05, 0) is 45.0 Å². The molecule has 0 saturated heterocycles. The third kappa shape index (κ3) is 4.91. The number of hydrogen-bond acceptors (Lipinski definition) is 6. The van der Waals surface area contributed by atoms with Gasteiger partial charge in [0.25, 0.3) is 0 Å². The molecule has 0 aliphatic rings. The highest BCUT2D eigenvalue weighted by Gasteiger charge is 2.21. The number of nitrogens with zero attached hydrogens (tertiary/aromatic N) is 3. The van der Waals surface area contributed by atoms with Crippen molar-refractivity contribution in [3.63, 3.8) is 0 Å². The standard InChI is InChI=1S/C25H22ClF2N5O2/c1-12(15-6-13(23(29)34)4-5-19(15)27)33-22-17-7-16(20(28)8-21(17)30-11-18(22)26)14-9-31-24(32-10-14)25(2,3)35/h4-12,35H,1-3H3,(H2,29,34)(H,30,33)/t12-/m1/s1. The van der Waals surface area contributed by atoms with Crippen LogP contribution < -0.4 is 11.1 Å². The van der Waals surface area contributed by atoms with Crippen LogP contribution in [0.25, 0.3) is 22.0 Å². The fourth-order valence-electron chi connectivity index (χ4n) is 3.66. The number of fused-ring (bicyclic) bond motifs is 1. The molecule has 0 radical (unpaired) electrons. The third-order valence-corrected chi connectivity index (χ3v) is 5.82. The average molecular weight is 498 g/mol. The third-order valence-electron chi connectivity index (χ3n) is 5.53. The van der Waals surface area contributed by atoms with Crippen LogP contribution >= 0.6 is 11.6 Å². The monoisotopic (exact) mass is 497 g/mol. The van der Waals surface area contributed by atoms with E-state index in [0.29, 0.717) is 22.2 Å². The average Bonchev–Trinajstić information content (AvgIpc) is 2.80. The molecule has 4 aromatic rings. The van der Waals surface area contributed by atoms with Gasteiger partial charge in [0.15, 0.2) is 5.82 Å². The molecular formula is C25H22ClF2N5O2. The molecule has 1 amide bonds. The van der Waals surface area contributed by atoms with E-state index in [0.717, 1.165) is 0 Å². The van der Waals surface area contributed by atoms with Crippen LogP contribution in [0.4, 0.5) is 14.5 Å². The van der Waals surface area contributed by atoms with E-state index in [9.17, 15) is 18.7 Å². The fraction of sp³-hybridized carbons (Fsp3) is 0.200. The molecule has 0 aliphatic carbocycles. The predicted octanol–water partition coefficient (Wildman–Crippen LogP) is 5.12. The maximum Gasteiger partial charge on any atom is 0.248 e. The Bertz CT molecular complexity index is 1440. The van der Waals surface area contributed by atoms with Crippen molar-refractivity contribution in [2.24, 2.45) is 5.73 Å². The maximum atomic E-state index is 15.0. The van der Waals surface area contributed by atoms with E-state index in [1.54, 1.807) is 26.8 Å². The zero-order valence-corrected chi connectivity index (χ0v) is 19.9. The van der Waals surface area contributed by atoms with Gasteiger partial charge in [0, 0.05) is 52.3 Å². The number of aliphatic hydroxyl groups is 1. The first kappa shape index (κ1) is 24.4. The smallest absolute Gasteiger partial charge is 0.248 e. The van der Waals surface area contributed by atoms with Crippen molar-refractivity contribution in [1.29, 1.82) is 0 Å². The minimum Gasteiger partial charge on any atom is -0.382 e. The number of benzene rings is 2. The number of anilines is 1. The molecule has 2 heterocycles. The van der Waals surface area contributed by atoms with Crippen molar-refractivity contribution >= 4 is 34.1 Å². The maximum absolute atomic E-state index is 15.0. The van der Waals surface area contributed by atoms with Gasteiger partial charge in [-0.3, -0.25) is 9.78 Å². The van der Waals surface area contributed by atoms with Crippen molar-refractivity contribution in [3.8, 4) is 11.1 Å². The molecule has 7 nitrogen and oxygen atoms in total. The van der Waals surface area contributed by atoms with Gasteiger partial charge in [0.1, 0.15) is 17.2 Å². The van der Waals surface area contributed by atoms with E-state index in [1.165, 1.54) is 42.9 Å². The predicted molar refractivity (Wildman–Crippen MR) is 130 cm³/mol. The molecule has 2 aromatic carbocycles. The lowest BCUT2D eigenvalue weighted by atomic mass is 10.0. The Balaban J connectivity index is 1.78. The minimum atomic E-state index is -1.24. The first-order chi connectivity index (χ1) is 16.5. The number of pyridine rings is 1. The molecule has 180 valence electrons. The number of aromatic nitrogens is 3. The summed E-state index contributed by atoms with van der Waals surface area (Å²) < 4.78 is 29.5. The minimum absolute atomic E-state index is 0.166. The highest BCUT2D eigenvalue weighted by molar-refractivity contribution is 6.34. The van der Waals surface area contributed by atoms with Crippen LogP contribution in [-0.4, -0.2) is 26.0 Å². The van der Waals surface area contributed by atoms with Gasteiger partial charge in [-0.2, -0.15) is 0 Å². The zero-order chi connectivity index (χ0) is 25.5. The highest BCUT2D eigenvalue weighted by Crippen LogP contribution is 2.36. The molecule has 0 unspecified atom stereocenters. The van der Waals surface area contributed by atoms with Gasteiger partial charge in [-0.15, -0.1) is 0 Å². The molecule has 35 heavy (non-hydrogen) atoms. The van der Waals surface area contributed by atoms with Gasteiger partial charge in [0.05, 0.1) is 22.3 Å². The molecule has 10 heteroatoms. The zero-order valence-electron chi connectivity index (χ0n) is 19.1. The second kappa shape index (κ2) is 9.16. The Morgan fingerprint density at radius 3 is 2.40 bits per heavy atom. The summed E-state index contributed by atoms with van der Waals surface area (Å²) in [5, 5.41) is 14.0. The van der Waals surface area contributed by atoms with E-state index in [2.05, 4.69) is 20.3 Å². The lowest BCUT2D eigenvalue weighted by molar-refractivity contribution is 0.0687. The number of hydrogen-bond donors (Lipinski definition) is 3. The van der Waals surface area contributed by atoms with Gasteiger partial charge < -0.3 is 16.2 Å². The van der Waals surface area contributed by atoms with Gasteiger partial charge >= 0.3 is 0 Å². The number of carbonyl (C=O) groups is 1. The summed E-state index contributed by atoms with van der Waals surface area (Å²) in [4.78, 5) is 24.0.